The van der Waals surface area contributed by atoms with E-state index in [1.165, 1.54) is 30.3 Å². The van der Waals surface area contributed by atoms with Crippen LogP contribution in [0.2, 0.25) is 0 Å². The lowest BCUT2D eigenvalue weighted by Crippen LogP contribution is -2.44. The van der Waals surface area contributed by atoms with Crippen molar-refractivity contribution in [3.05, 3.63) is 105 Å². The quantitative estimate of drug-likeness (QED) is 0.182. The van der Waals surface area contributed by atoms with E-state index in [1.54, 1.807) is 12.1 Å². The fourth-order valence-electron chi connectivity index (χ4n) is 4.84. The Labute approximate surface area is 226 Å². The van der Waals surface area contributed by atoms with Crippen molar-refractivity contribution in [2.45, 2.75) is 45.3 Å². The highest BCUT2D eigenvalue weighted by atomic mass is 32.2. The average Bonchev–Trinajstić information content (AvgIpc) is 3.23. The summed E-state index contributed by atoms with van der Waals surface area (Å²) in [6.45, 7) is 2.54. The first-order valence-corrected chi connectivity index (χ1v) is 13.6. The molecule has 2 aliphatic rings. The zero-order chi connectivity index (χ0) is 26.5. The van der Waals surface area contributed by atoms with E-state index in [1.807, 2.05) is 65.6 Å². The Morgan fingerprint density at radius 2 is 1.74 bits per heavy atom. The lowest BCUT2D eigenvalue weighted by molar-refractivity contribution is -0.384. The van der Waals surface area contributed by atoms with E-state index in [0.29, 0.717) is 23.2 Å². The monoisotopic (exact) mass is 527 g/mol. The second kappa shape index (κ2) is 11.6. The first-order chi connectivity index (χ1) is 18.5. The van der Waals surface area contributed by atoms with Crippen molar-refractivity contribution in [2.75, 3.05) is 0 Å². The number of amidine groups is 1. The molecule has 2 atom stereocenters. The molecule has 3 aromatic carbocycles. The topological polar surface area (TPSA) is 85.0 Å². The molecule has 1 aliphatic heterocycles. The van der Waals surface area contributed by atoms with E-state index in [4.69, 9.17) is 9.73 Å². The highest BCUT2D eigenvalue weighted by molar-refractivity contribution is 8.18. The Kier molecular flexibility index (Phi) is 7.89. The molecule has 38 heavy (non-hydrogen) atoms. The molecule has 0 N–H and O–H groups in total. The lowest BCUT2D eigenvalue weighted by Gasteiger charge is -2.35. The molecule has 1 saturated carbocycles. The fraction of sp³-hybridized carbons (Fsp3) is 0.267. The van der Waals surface area contributed by atoms with Crippen LogP contribution in [0.3, 0.4) is 0 Å². The van der Waals surface area contributed by atoms with Crippen LogP contribution < -0.4 is 4.74 Å². The number of carbonyl (C=O) groups is 1. The summed E-state index contributed by atoms with van der Waals surface area (Å²) in [5.74, 6) is 1.13. The van der Waals surface area contributed by atoms with Gasteiger partial charge >= 0.3 is 0 Å². The number of carbonyl (C=O) groups excluding carboxylic acids is 1. The van der Waals surface area contributed by atoms with Gasteiger partial charge in [-0.15, -0.1) is 0 Å². The summed E-state index contributed by atoms with van der Waals surface area (Å²) in [4.78, 5) is 31.5. The van der Waals surface area contributed by atoms with Gasteiger partial charge in [-0.3, -0.25) is 19.8 Å². The highest BCUT2D eigenvalue weighted by Gasteiger charge is 2.41. The Morgan fingerprint density at radius 1 is 1.03 bits per heavy atom. The normalized spacial score (nSPS) is 21.7. The molecule has 0 bridgehead atoms. The summed E-state index contributed by atoms with van der Waals surface area (Å²) in [7, 11) is 0. The maximum absolute atomic E-state index is 13.6. The third-order valence-corrected chi connectivity index (χ3v) is 7.93. The van der Waals surface area contributed by atoms with Gasteiger partial charge < -0.3 is 4.74 Å². The number of nitro groups is 1. The number of benzene rings is 3. The second-order valence-electron chi connectivity index (χ2n) is 9.63. The highest BCUT2D eigenvalue weighted by Crippen LogP contribution is 2.40. The van der Waals surface area contributed by atoms with Crippen LogP contribution >= 0.6 is 11.8 Å². The van der Waals surface area contributed by atoms with E-state index in [9.17, 15) is 14.9 Å². The summed E-state index contributed by atoms with van der Waals surface area (Å²) in [5, 5.41) is 11.6. The minimum Gasteiger partial charge on any atom is -0.489 e. The number of hydrogen-bond acceptors (Lipinski definition) is 6. The van der Waals surface area contributed by atoms with Crippen molar-refractivity contribution in [1.82, 2.24) is 4.90 Å². The van der Waals surface area contributed by atoms with Crippen molar-refractivity contribution in [1.29, 1.82) is 0 Å². The molecule has 194 valence electrons. The van der Waals surface area contributed by atoms with Gasteiger partial charge in [0.15, 0.2) is 5.17 Å². The first-order valence-electron chi connectivity index (χ1n) is 12.8. The fourth-order valence-corrected chi connectivity index (χ4v) is 5.89. The third kappa shape index (κ3) is 5.97. The predicted octanol–water partition coefficient (Wildman–Crippen LogP) is 7.36. The van der Waals surface area contributed by atoms with Crippen molar-refractivity contribution < 1.29 is 14.5 Å². The van der Waals surface area contributed by atoms with Gasteiger partial charge in [-0.2, -0.15) is 0 Å². The van der Waals surface area contributed by atoms with Crippen LogP contribution in [-0.2, 0) is 11.4 Å². The second-order valence-corrected chi connectivity index (χ2v) is 10.6. The Balaban J connectivity index is 1.32. The van der Waals surface area contributed by atoms with Crippen LogP contribution in [-0.4, -0.2) is 26.9 Å². The van der Waals surface area contributed by atoms with Gasteiger partial charge in [-0.1, -0.05) is 50.1 Å². The molecule has 7 nitrogen and oxygen atoms in total. The molecular formula is C30H29N3O4S. The molecule has 1 heterocycles. The molecule has 1 amide bonds. The third-order valence-electron chi connectivity index (χ3n) is 6.95. The number of amides is 1. The lowest BCUT2D eigenvalue weighted by atomic mass is 9.85. The molecule has 8 heteroatoms. The van der Waals surface area contributed by atoms with Gasteiger partial charge in [0.2, 0.25) is 0 Å². The molecular weight excluding hydrogens is 498 g/mol. The summed E-state index contributed by atoms with van der Waals surface area (Å²) in [5.41, 5.74) is 2.64. The van der Waals surface area contributed by atoms with E-state index >= 15 is 0 Å². The minimum atomic E-state index is -0.420. The molecule has 1 saturated heterocycles. The van der Waals surface area contributed by atoms with Crippen LogP contribution in [0, 0.1) is 16.0 Å². The number of rotatable bonds is 7. The summed E-state index contributed by atoms with van der Waals surface area (Å²) >= 11 is 1.44. The molecule has 0 radical (unpaired) electrons. The standard InChI is InChI=1S/C30H29N3O4S/c1-21-7-5-6-10-27(21)32-29(34)28(38-30(32)31-24-8-3-2-4-9-24)19-22-13-17-26(18-14-22)37-20-23-11-15-25(16-12-23)33(35)36/h2-4,8-9,11-19,21,27H,5-7,10,20H2,1H3/b28-19-,31-30?/t21-,27+/m1/s1. The Bertz CT molecular complexity index is 1350. The van der Waals surface area contributed by atoms with Crippen LogP contribution in [0.1, 0.15) is 43.7 Å². The summed E-state index contributed by atoms with van der Waals surface area (Å²) in [6, 6.07) is 23.8. The van der Waals surface area contributed by atoms with Crippen LogP contribution in [0.15, 0.2) is 88.8 Å². The van der Waals surface area contributed by atoms with Crippen LogP contribution in [0.5, 0.6) is 5.75 Å². The largest absolute Gasteiger partial charge is 0.489 e. The number of aliphatic imine (C=N–C) groups is 1. The van der Waals surface area contributed by atoms with Gasteiger partial charge in [-0.05, 0) is 84.1 Å². The zero-order valence-corrected chi connectivity index (χ0v) is 22.0. The van der Waals surface area contributed by atoms with E-state index in [-0.39, 0.29) is 17.6 Å². The smallest absolute Gasteiger partial charge is 0.269 e. The van der Waals surface area contributed by atoms with E-state index < -0.39 is 4.92 Å². The molecule has 0 unspecified atom stereocenters. The maximum atomic E-state index is 13.6. The number of non-ortho nitro benzene ring substituents is 1. The number of thioether (sulfide) groups is 1. The van der Waals surface area contributed by atoms with Crippen molar-refractivity contribution in [2.24, 2.45) is 10.9 Å². The van der Waals surface area contributed by atoms with Gasteiger partial charge in [-0.25, -0.2) is 4.99 Å². The van der Waals surface area contributed by atoms with Crippen molar-refractivity contribution >= 4 is 40.3 Å². The van der Waals surface area contributed by atoms with Crippen LogP contribution in [0.4, 0.5) is 11.4 Å². The molecule has 2 fully saturated rings. The number of ether oxygens (including phenoxy) is 1. The molecule has 0 spiro atoms. The SMILES string of the molecule is C[C@@H]1CCCC[C@@H]1N1C(=O)/C(=C/c2ccc(OCc3ccc([N+](=O)[O-])cc3)cc2)SC1=Nc1ccccc1. The summed E-state index contributed by atoms with van der Waals surface area (Å²) < 4.78 is 5.84. The predicted molar refractivity (Wildman–Crippen MR) is 151 cm³/mol. The number of hydrogen-bond donors (Lipinski definition) is 0. The Hall–Kier alpha value is -3.91. The number of para-hydroxylation sites is 1. The first kappa shape index (κ1) is 25.7. The maximum Gasteiger partial charge on any atom is 0.269 e. The average molecular weight is 528 g/mol. The zero-order valence-electron chi connectivity index (χ0n) is 21.2. The van der Waals surface area contributed by atoms with Crippen molar-refractivity contribution in [3.63, 3.8) is 0 Å². The minimum absolute atomic E-state index is 0.0157. The van der Waals surface area contributed by atoms with Gasteiger partial charge in [0.05, 0.1) is 15.5 Å². The summed E-state index contributed by atoms with van der Waals surface area (Å²) in [6.07, 6.45) is 6.37. The van der Waals surface area contributed by atoms with Gasteiger partial charge in [0.25, 0.3) is 11.6 Å². The molecule has 1 aliphatic carbocycles. The van der Waals surface area contributed by atoms with Crippen LogP contribution in [0.25, 0.3) is 6.08 Å². The van der Waals surface area contributed by atoms with Gasteiger partial charge in [0, 0.05) is 18.2 Å². The van der Waals surface area contributed by atoms with Gasteiger partial charge in [0.1, 0.15) is 12.4 Å². The van der Waals surface area contributed by atoms with E-state index in [0.717, 1.165) is 41.2 Å². The molecule has 3 aromatic rings. The van der Waals surface area contributed by atoms with E-state index in [2.05, 4.69) is 6.92 Å². The molecule has 5 rings (SSSR count). The van der Waals surface area contributed by atoms with Crippen molar-refractivity contribution in [3.8, 4) is 5.75 Å². The molecule has 0 aromatic heterocycles. The number of nitrogens with zero attached hydrogens (tertiary/aromatic N) is 3. The number of nitro benzene ring substituents is 1. The Morgan fingerprint density at radius 3 is 2.42 bits per heavy atom.